The van der Waals surface area contributed by atoms with Crippen molar-refractivity contribution >= 4 is 17.8 Å². The van der Waals surface area contributed by atoms with E-state index >= 15 is 0 Å². The molecule has 0 spiro atoms. The second kappa shape index (κ2) is 8.49. The summed E-state index contributed by atoms with van der Waals surface area (Å²) >= 11 is 0. The molecule has 0 aliphatic rings. The van der Waals surface area contributed by atoms with E-state index in [4.69, 9.17) is 0 Å². The van der Waals surface area contributed by atoms with Crippen LogP contribution in [0.3, 0.4) is 0 Å². The van der Waals surface area contributed by atoms with E-state index in [1.165, 1.54) is 0 Å². The third kappa shape index (κ3) is 5.17. The summed E-state index contributed by atoms with van der Waals surface area (Å²) in [4.78, 5) is 35.9. The van der Waals surface area contributed by atoms with E-state index in [-0.39, 0.29) is 12.5 Å². The molecule has 2 rings (SSSR count). The van der Waals surface area contributed by atoms with Crippen LogP contribution in [0.5, 0.6) is 0 Å². The number of carboxylic acids is 1. The molecule has 0 saturated carbocycles. The van der Waals surface area contributed by atoms with Crippen LogP contribution in [0.2, 0.25) is 0 Å². The molecular formula is C21H24N2O4. The molecule has 6 nitrogen and oxygen atoms in total. The first-order valence-electron chi connectivity index (χ1n) is 8.64. The predicted octanol–water partition coefficient (Wildman–Crippen LogP) is 2.59. The average molecular weight is 368 g/mol. The van der Waals surface area contributed by atoms with Crippen molar-refractivity contribution in [2.45, 2.75) is 33.7 Å². The minimum absolute atomic E-state index is 0.305. The predicted molar refractivity (Wildman–Crippen MR) is 103 cm³/mol. The zero-order valence-corrected chi connectivity index (χ0v) is 15.9. The molecule has 0 aliphatic heterocycles. The smallest absolute Gasteiger partial charge is 0.330 e. The van der Waals surface area contributed by atoms with Crippen molar-refractivity contribution in [2.24, 2.45) is 0 Å². The van der Waals surface area contributed by atoms with Gasteiger partial charge in [0.1, 0.15) is 0 Å². The van der Waals surface area contributed by atoms with Gasteiger partial charge >= 0.3 is 5.97 Å². The van der Waals surface area contributed by atoms with E-state index < -0.39 is 17.9 Å². The number of hydrogen-bond acceptors (Lipinski definition) is 3. The van der Waals surface area contributed by atoms with Crippen LogP contribution in [0.4, 0.5) is 0 Å². The Morgan fingerprint density at radius 1 is 0.889 bits per heavy atom. The molecule has 142 valence electrons. The quantitative estimate of drug-likeness (QED) is 0.730. The Morgan fingerprint density at radius 3 is 2.04 bits per heavy atom. The number of aryl methyl sites for hydroxylation is 4. The minimum Gasteiger partial charge on any atom is -0.479 e. The van der Waals surface area contributed by atoms with E-state index in [9.17, 15) is 19.5 Å². The number of carbonyl (C=O) groups excluding carboxylic acids is 2. The Kier molecular flexibility index (Phi) is 6.34. The fourth-order valence-corrected chi connectivity index (χ4v) is 2.59. The second-order valence-corrected chi connectivity index (χ2v) is 6.66. The molecular weight excluding hydrogens is 344 g/mol. The van der Waals surface area contributed by atoms with Crippen LogP contribution in [-0.2, 0) is 9.59 Å². The summed E-state index contributed by atoms with van der Waals surface area (Å²) in [6.07, 6.45) is 0. The second-order valence-electron chi connectivity index (χ2n) is 6.66. The van der Waals surface area contributed by atoms with Gasteiger partial charge < -0.3 is 15.7 Å². The van der Waals surface area contributed by atoms with E-state index in [0.717, 1.165) is 22.3 Å². The maximum absolute atomic E-state index is 12.2. The number of nitrogens with one attached hydrogen (secondary N) is 2. The normalized spacial score (nSPS) is 11.6. The molecule has 0 heterocycles. The molecule has 0 bridgehead atoms. The van der Waals surface area contributed by atoms with Crippen molar-refractivity contribution in [2.75, 3.05) is 6.54 Å². The van der Waals surface area contributed by atoms with Crippen LogP contribution in [0.1, 0.15) is 44.2 Å². The fraction of sp³-hybridized carbons (Fsp3) is 0.286. The summed E-state index contributed by atoms with van der Waals surface area (Å²) in [5.41, 5.74) is 4.97. The number of aliphatic carboxylic acids is 1. The Morgan fingerprint density at radius 2 is 1.48 bits per heavy atom. The van der Waals surface area contributed by atoms with Gasteiger partial charge in [0.25, 0.3) is 5.91 Å². The molecule has 0 fully saturated rings. The molecule has 2 aromatic rings. The van der Waals surface area contributed by atoms with Gasteiger partial charge in [0.05, 0.1) is 6.54 Å². The number of carbonyl (C=O) groups is 3. The van der Waals surface area contributed by atoms with Crippen LogP contribution in [0, 0.1) is 27.7 Å². The highest BCUT2D eigenvalue weighted by Gasteiger charge is 2.22. The molecule has 0 saturated heterocycles. The first-order chi connectivity index (χ1) is 12.7. The van der Waals surface area contributed by atoms with E-state index in [1.807, 2.05) is 39.8 Å². The van der Waals surface area contributed by atoms with Gasteiger partial charge in [-0.05, 0) is 67.6 Å². The first kappa shape index (κ1) is 20.2. The Hall–Kier alpha value is -3.15. The molecule has 27 heavy (non-hydrogen) atoms. The minimum atomic E-state index is -1.17. The third-order valence-corrected chi connectivity index (χ3v) is 4.60. The maximum atomic E-state index is 12.2. The number of hydrogen-bond donors (Lipinski definition) is 3. The first-order valence-corrected chi connectivity index (χ1v) is 8.64. The Labute approximate surface area is 158 Å². The number of carboxylic acid groups (broad SMARTS) is 1. The zero-order valence-electron chi connectivity index (χ0n) is 15.9. The Balaban J connectivity index is 2.01. The molecule has 0 aliphatic carbocycles. The van der Waals surface area contributed by atoms with E-state index in [2.05, 4.69) is 10.6 Å². The van der Waals surface area contributed by atoms with Gasteiger partial charge in [-0.1, -0.05) is 24.3 Å². The maximum Gasteiger partial charge on any atom is 0.330 e. The van der Waals surface area contributed by atoms with Crippen molar-refractivity contribution in [3.8, 4) is 0 Å². The molecule has 6 heteroatoms. The lowest BCUT2D eigenvalue weighted by Gasteiger charge is -2.16. The van der Waals surface area contributed by atoms with Crippen LogP contribution in [-0.4, -0.2) is 29.4 Å². The largest absolute Gasteiger partial charge is 0.479 e. The van der Waals surface area contributed by atoms with Gasteiger partial charge in [-0.25, -0.2) is 4.79 Å². The average Bonchev–Trinajstić information content (AvgIpc) is 2.62. The lowest BCUT2D eigenvalue weighted by molar-refractivity contribution is -0.141. The van der Waals surface area contributed by atoms with Crippen molar-refractivity contribution < 1.29 is 19.5 Å². The number of rotatable bonds is 6. The van der Waals surface area contributed by atoms with Crippen molar-refractivity contribution in [3.05, 3.63) is 69.8 Å². The van der Waals surface area contributed by atoms with Gasteiger partial charge in [-0.2, -0.15) is 0 Å². The summed E-state index contributed by atoms with van der Waals surface area (Å²) in [7, 11) is 0. The summed E-state index contributed by atoms with van der Waals surface area (Å²) in [5.74, 6) is -2.11. The van der Waals surface area contributed by atoms with Crippen molar-refractivity contribution in [1.82, 2.24) is 10.6 Å². The summed E-state index contributed by atoms with van der Waals surface area (Å²) in [5, 5.41) is 14.4. The molecule has 1 unspecified atom stereocenters. The fourth-order valence-electron chi connectivity index (χ4n) is 2.59. The van der Waals surface area contributed by atoms with Crippen molar-refractivity contribution in [1.29, 1.82) is 0 Å². The van der Waals surface area contributed by atoms with E-state index in [0.29, 0.717) is 11.1 Å². The molecule has 3 N–H and O–H groups in total. The standard InChI is InChI=1S/C21H24N2O4/c1-12-5-7-16(9-14(12)3)19(21(26)27)23-18(24)11-22-20(25)17-8-6-13(2)15(4)10-17/h5-10,19H,11H2,1-4H3,(H,22,25)(H,23,24)(H,26,27). The third-order valence-electron chi connectivity index (χ3n) is 4.60. The van der Waals surface area contributed by atoms with Crippen LogP contribution >= 0.6 is 0 Å². The van der Waals surface area contributed by atoms with Gasteiger partial charge in [-0.3, -0.25) is 9.59 Å². The highest BCUT2D eigenvalue weighted by molar-refractivity contribution is 5.97. The molecule has 2 amide bonds. The monoisotopic (exact) mass is 368 g/mol. The topological polar surface area (TPSA) is 95.5 Å². The van der Waals surface area contributed by atoms with Crippen molar-refractivity contribution in [3.63, 3.8) is 0 Å². The van der Waals surface area contributed by atoms with E-state index in [1.54, 1.807) is 24.3 Å². The highest BCUT2D eigenvalue weighted by atomic mass is 16.4. The number of amides is 2. The number of benzene rings is 2. The highest BCUT2D eigenvalue weighted by Crippen LogP contribution is 2.17. The molecule has 0 aromatic heterocycles. The van der Waals surface area contributed by atoms with Gasteiger partial charge in [0.15, 0.2) is 6.04 Å². The summed E-state index contributed by atoms with van der Waals surface area (Å²) < 4.78 is 0. The molecule has 1 atom stereocenters. The molecule has 2 aromatic carbocycles. The van der Waals surface area contributed by atoms with Gasteiger partial charge in [0.2, 0.25) is 5.91 Å². The Bertz CT molecular complexity index is 890. The zero-order chi connectivity index (χ0) is 20.1. The molecule has 0 radical (unpaired) electrons. The van der Waals surface area contributed by atoms with Gasteiger partial charge in [-0.15, -0.1) is 0 Å². The van der Waals surface area contributed by atoms with Gasteiger partial charge in [0, 0.05) is 5.56 Å². The summed E-state index contributed by atoms with van der Waals surface area (Å²) in [6.45, 7) is 7.35. The SMILES string of the molecule is Cc1ccc(C(=O)NCC(=O)NC(C(=O)O)c2ccc(C)c(C)c2)cc1C. The lowest BCUT2D eigenvalue weighted by atomic mass is 10.0. The van der Waals surface area contributed by atoms with Crippen LogP contribution < -0.4 is 10.6 Å². The lowest BCUT2D eigenvalue weighted by Crippen LogP contribution is -2.41. The van der Waals surface area contributed by atoms with Crippen LogP contribution in [0.15, 0.2) is 36.4 Å². The van der Waals surface area contributed by atoms with Crippen LogP contribution in [0.25, 0.3) is 0 Å². The summed E-state index contributed by atoms with van der Waals surface area (Å²) in [6, 6.07) is 9.33.